The van der Waals surface area contributed by atoms with Crippen LogP contribution in [0.1, 0.15) is 28.2 Å². The fourth-order valence-corrected chi connectivity index (χ4v) is 5.31. The number of benzene rings is 4. The number of anilines is 1. The van der Waals surface area contributed by atoms with E-state index >= 15 is 0 Å². The van der Waals surface area contributed by atoms with Crippen LogP contribution >= 0.6 is 0 Å². The first-order valence-corrected chi connectivity index (χ1v) is 13.8. The van der Waals surface area contributed by atoms with Gasteiger partial charge in [-0.05, 0) is 66.1 Å². The highest BCUT2D eigenvalue weighted by Gasteiger charge is 2.35. The Morgan fingerprint density at radius 1 is 0.933 bits per heavy atom. The fourth-order valence-electron chi connectivity index (χ4n) is 5.31. The molecule has 2 aliphatic rings. The van der Waals surface area contributed by atoms with E-state index in [1.807, 2.05) is 0 Å². The lowest BCUT2D eigenvalue weighted by molar-refractivity contribution is -0.128. The molecule has 1 unspecified atom stereocenters. The maximum absolute atomic E-state index is 14.1. The molecule has 4 aromatic carbocycles. The zero-order valence-corrected chi connectivity index (χ0v) is 23.5. The van der Waals surface area contributed by atoms with E-state index in [0.29, 0.717) is 39.6 Å². The van der Waals surface area contributed by atoms with Crippen LogP contribution < -0.4 is 25.4 Å². The minimum atomic E-state index is -1.54. The summed E-state index contributed by atoms with van der Waals surface area (Å²) >= 11 is 0. The second-order valence-electron chi connectivity index (χ2n) is 10.4. The number of benzodiazepines with no additional fused rings is 1. The number of rotatable bonds is 8. The Kier molecular flexibility index (Phi) is 7.95. The number of hydrogen-bond acceptors (Lipinski definition) is 6. The van der Waals surface area contributed by atoms with Crippen LogP contribution in [0.2, 0.25) is 0 Å². The third kappa shape index (κ3) is 6.07. The first kappa shape index (κ1) is 29.4. The summed E-state index contributed by atoms with van der Waals surface area (Å²) in [5.41, 5.74) is 7.84. The van der Waals surface area contributed by atoms with Crippen molar-refractivity contribution >= 4 is 29.1 Å². The third-order valence-electron chi connectivity index (χ3n) is 7.46. The molecule has 2 atom stereocenters. The minimum Gasteiger partial charge on any atom is -0.454 e. The summed E-state index contributed by atoms with van der Waals surface area (Å²) in [5, 5.41) is 2.67. The molecule has 4 aromatic rings. The summed E-state index contributed by atoms with van der Waals surface area (Å²) in [6.45, 7) is -0.462. The van der Waals surface area contributed by atoms with E-state index < -0.39 is 53.8 Å². The second kappa shape index (κ2) is 12.2. The Bertz CT molecular complexity index is 1850. The van der Waals surface area contributed by atoms with Gasteiger partial charge in [0.2, 0.25) is 24.8 Å². The van der Waals surface area contributed by atoms with Crippen LogP contribution in [0.25, 0.3) is 0 Å². The maximum Gasteiger partial charge on any atom is 0.272 e. The highest BCUT2D eigenvalue weighted by atomic mass is 19.2. The number of amides is 3. The lowest BCUT2D eigenvalue weighted by Gasteiger charge is -2.25. The zero-order chi connectivity index (χ0) is 31.7. The molecule has 0 fully saturated rings. The number of aliphatic imine (C=N–C) groups is 1. The molecule has 0 bridgehead atoms. The predicted octanol–water partition coefficient (Wildman–Crippen LogP) is 3.97. The van der Waals surface area contributed by atoms with Crippen molar-refractivity contribution in [1.82, 2.24) is 5.32 Å². The van der Waals surface area contributed by atoms with Gasteiger partial charge < -0.3 is 20.5 Å². The number of ether oxygens (including phenoxy) is 2. The van der Waals surface area contributed by atoms with Gasteiger partial charge in [0.05, 0.1) is 17.3 Å². The van der Waals surface area contributed by atoms with Crippen molar-refractivity contribution in [2.45, 2.75) is 18.5 Å². The van der Waals surface area contributed by atoms with Crippen molar-refractivity contribution in [2.24, 2.45) is 10.7 Å². The van der Waals surface area contributed by atoms with Crippen LogP contribution in [0.4, 0.5) is 18.9 Å². The van der Waals surface area contributed by atoms with Crippen molar-refractivity contribution in [2.75, 3.05) is 18.2 Å². The van der Waals surface area contributed by atoms with Gasteiger partial charge in [-0.1, -0.05) is 36.4 Å². The van der Waals surface area contributed by atoms with Gasteiger partial charge in [0, 0.05) is 11.1 Å². The standard InChI is InChI=1S/C33H25F3N4O5/c34-21-9-6-19(7-10-21)23(13-18-5-11-24(35)25(36)14-18)32(42)39-31-33(43)40(16-29(37)41)26-4-2-1-3-22(26)30(38-31)20-8-12-27-28(15-20)45-17-44-27/h1-12,14-15,23,31H,13,16-17H2,(H2,37,41)(H,39,42)/t23-,31?/m1/s1. The summed E-state index contributed by atoms with van der Waals surface area (Å²) in [7, 11) is 0. The van der Waals surface area contributed by atoms with Crippen LogP contribution in [-0.2, 0) is 20.8 Å². The quantitative estimate of drug-likeness (QED) is 0.311. The molecule has 45 heavy (non-hydrogen) atoms. The molecule has 228 valence electrons. The van der Waals surface area contributed by atoms with E-state index in [1.54, 1.807) is 42.5 Å². The van der Waals surface area contributed by atoms with Crippen molar-refractivity contribution in [3.63, 3.8) is 0 Å². The monoisotopic (exact) mass is 614 g/mol. The average molecular weight is 615 g/mol. The number of hydrogen-bond donors (Lipinski definition) is 2. The normalized spacial score (nSPS) is 16.0. The van der Waals surface area contributed by atoms with Crippen molar-refractivity contribution in [3.8, 4) is 11.5 Å². The smallest absolute Gasteiger partial charge is 0.272 e. The number of para-hydroxylation sites is 1. The minimum absolute atomic E-state index is 0.0358. The Morgan fingerprint density at radius 2 is 1.69 bits per heavy atom. The van der Waals surface area contributed by atoms with E-state index in [-0.39, 0.29) is 18.8 Å². The number of fused-ring (bicyclic) bond motifs is 2. The Labute approximate surface area is 255 Å². The van der Waals surface area contributed by atoms with E-state index in [4.69, 9.17) is 15.2 Å². The largest absolute Gasteiger partial charge is 0.454 e. The summed E-state index contributed by atoms with van der Waals surface area (Å²) in [6, 6.07) is 20.2. The second-order valence-corrected chi connectivity index (χ2v) is 10.4. The fraction of sp³-hybridized carbons (Fsp3) is 0.152. The highest BCUT2D eigenvalue weighted by Crippen LogP contribution is 2.35. The van der Waals surface area contributed by atoms with Gasteiger partial charge in [-0.15, -0.1) is 0 Å². The number of nitrogens with one attached hydrogen (secondary N) is 1. The molecule has 12 heteroatoms. The maximum atomic E-state index is 14.1. The lowest BCUT2D eigenvalue weighted by atomic mass is 9.91. The van der Waals surface area contributed by atoms with Gasteiger partial charge in [-0.25, -0.2) is 18.2 Å². The van der Waals surface area contributed by atoms with Crippen molar-refractivity contribution < 1.29 is 37.0 Å². The molecule has 2 heterocycles. The van der Waals surface area contributed by atoms with E-state index in [1.165, 1.54) is 30.3 Å². The first-order chi connectivity index (χ1) is 21.7. The summed E-state index contributed by atoms with van der Waals surface area (Å²) in [6.07, 6.45) is -1.66. The summed E-state index contributed by atoms with van der Waals surface area (Å²) in [5.74, 6) is -5.01. The zero-order valence-electron chi connectivity index (χ0n) is 23.5. The Morgan fingerprint density at radius 3 is 2.44 bits per heavy atom. The van der Waals surface area contributed by atoms with Gasteiger partial charge >= 0.3 is 0 Å². The van der Waals surface area contributed by atoms with Gasteiger partial charge in [-0.2, -0.15) is 0 Å². The number of nitrogens with two attached hydrogens (primary N) is 1. The van der Waals surface area contributed by atoms with Gasteiger partial charge in [0.25, 0.3) is 5.91 Å². The molecular weight excluding hydrogens is 589 g/mol. The average Bonchev–Trinajstić information content (AvgIpc) is 3.47. The SMILES string of the molecule is NC(=O)CN1C(=O)C(NC(=O)[C@H](Cc2ccc(F)c(F)c2)c2ccc(F)cc2)N=C(c2ccc3c(c2)OCO3)c2ccccc21. The molecule has 3 N–H and O–H groups in total. The van der Waals surface area contributed by atoms with Crippen molar-refractivity contribution in [1.29, 1.82) is 0 Å². The topological polar surface area (TPSA) is 123 Å². The lowest BCUT2D eigenvalue weighted by Crippen LogP contribution is -2.50. The molecule has 3 amide bonds. The molecule has 2 aliphatic heterocycles. The molecule has 0 radical (unpaired) electrons. The molecule has 0 aliphatic carbocycles. The highest BCUT2D eigenvalue weighted by molar-refractivity contribution is 6.21. The van der Waals surface area contributed by atoms with Crippen LogP contribution in [0.15, 0.2) is 89.9 Å². The van der Waals surface area contributed by atoms with Crippen LogP contribution in [0.5, 0.6) is 11.5 Å². The third-order valence-corrected chi connectivity index (χ3v) is 7.46. The first-order valence-electron chi connectivity index (χ1n) is 13.8. The van der Waals surface area contributed by atoms with Gasteiger partial charge in [-0.3, -0.25) is 19.3 Å². The molecule has 0 spiro atoms. The van der Waals surface area contributed by atoms with Crippen molar-refractivity contribution in [3.05, 3.63) is 125 Å². The summed E-state index contributed by atoms with van der Waals surface area (Å²) in [4.78, 5) is 45.9. The molecule has 0 saturated heterocycles. The number of nitrogens with zero attached hydrogens (tertiary/aromatic N) is 2. The summed E-state index contributed by atoms with van der Waals surface area (Å²) < 4.78 is 52.5. The number of carbonyl (C=O) groups is 3. The van der Waals surface area contributed by atoms with E-state index in [0.717, 1.165) is 17.0 Å². The molecule has 0 saturated carbocycles. The van der Waals surface area contributed by atoms with E-state index in [9.17, 15) is 27.6 Å². The molecular formula is C33H25F3N4O5. The molecule has 6 rings (SSSR count). The van der Waals surface area contributed by atoms with E-state index in [2.05, 4.69) is 10.3 Å². The predicted molar refractivity (Wildman–Crippen MR) is 157 cm³/mol. The van der Waals surface area contributed by atoms with Gasteiger partial charge in [0.1, 0.15) is 12.4 Å². The number of carbonyl (C=O) groups excluding carboxylic acids is 3. The van der Waals surface area contributed by atoms with Crippen LogP contribution in [0.3, 0.4) is 0 Å². The number of halogens is 3. The number of primary amides is 1. The van der Waals surface area contributed by atoms with Crippen LogP contribution in [0, 0.1) is 17.5 Å². The molecule has 0 aromatic heterocycles. The Balaban J connectivity index is 1.42. The van der Waals surface area contributed by atoms with Crippen LogP contribution in [-0.4, -0.2) is 42.9 Å². The molecule has 9 nitrogen and oxygen atoms in total. The van der Waals surface area contributed by atoms with Gasteiger partial charge in [0.15, 0.2) is 23.1 Å². The Hall–Kier alpha value is -5.65.